The average molecular weight is 307 g/mol. The number of hydrogen-bond donors (Lipinski definition) is 2. The molecule has 1 atom stereocenters. The minimum Gasteiger partial charge on any atom is -0.364 e. The molecule has 0 fully saturated rings. The predicted octanol–water partition coefficient (Wildman–Crippen LogP) is 2.95. The number of hydrogen-bond acceptors (Lipinski definition) is 3. The van der Waals surface area contributed by atoms with E-state index in [0.29, 0.717) is 17.4 Å². The molecule has 2 N–H and O–H groups in total. The van der Waals surface area contributed by atoms with E-state index < -0.39 is 0 Å². The number of imidazole rings is 1. The fourth-order valence-electron chi connectivity index (χ4n) is 3.04. The molecule has 116 valence electrons. The zero-order valence-corrected chi connectivity index (χ0v) is 13.0. The van der Waals surface area contributed by atoms with Crippen LogP contribution < -0.4 is 5.32 Å². The lowest BCUT2D eigenvalue weighted by Crippen LogP contribution is -2.18. The highest BCUT2D eigenvalue weighted by molar-refractivity contribution is 6.08. The SMILES string of the molecule is Cc1ccc(NC(=O)c2c[nH]c3c2-c2nccn2[C@@H](C)C3)nc1. The van der Waals surface area contributed by atoms with Crippen molar-refractivity contribution in [2.24, 2.45) is 0 Å². The van der Waals surface area contributed by atoms with E-state index in [0.717, 1.165) is 29.1 Å². The maximum atomic E-state index is 12.6. The van der Waals surface area contributed by atoms with E-state index in [1.807, 2.05) is 19.2 Å². The van der Waals surface area contributed by atoms with E-state index in [4.69, 9.17) is 0 Å². The molecule has 3 aromatic rings. The van der Waals surface area contributed by atoms with Gasteiger partial charge in [0.25, 0.3) is 5.91 Å². The standard InChI is InChI=1S/C17H17N5O/c1-10-3-4-14(20-8-10)21-17(23)12-9-19-13-7-11(2)22-6-5-18-16(22)15(12)13/h3-6,8-9,11,19H,7H2,1-2H3,(H,20,21,23)/t11-/m0/s1. The quantitative estimate of drug-likeness (QED) is 0.764. The van der Waals surface area contributed by atoms with Crippen molar-refractivity contribution in [1.82, 2.24) is 19.5 Å². The summed E-state index contributed by atoms with van der Waals surface area (Å²) in [6, 6.07) is 4.05. The number of rotatable bonds is 2. The number of aromatic nitrogens is 4. The minimum absolute atomic E-state index is 0.178. The van der Waals surface area contributed by atoms with Crippen LogP contribution in [0.4, 0.5) is 5.82 Å². The second-order valence-electron chi connectivity index (χ2n) is 5.94. The summed E-state index contributed by atoms with van der Waals surface area (Å²) in [5, 5.41) is 2.85. The molecule has 6 heteroatoms. The Labute approximate surface area is 133 Å². The topological polar surface area (TPSA) is 75.6 Å². The zero-order valence-electron chi connectivity index (χ0n) is 13.0. The van der Waals surface area contributed by atoms with Gasteiger partial charge in [-0.05, 0) is 25.5 Å². The Morgan fingerprint density at radius 2 is 2.26 bits per heavy atom. The third-order valence-electron chi connectivity index (χ3n) is 4.23. The first-order valence-electron chi connectivity index (χ1n) is 7.61. The number of amides is 1. The van der Waals surface area contributed by atoms with Crippen LogP contribution in [-0.4, -0.2) is 25.4 Å². The van der Waals surface area contributed by atoms with Gasteiger partial charge >= 0.3 is 0 Å². The van der Waals surface area contributed by atoms with Gasteiger partial charge in [0.05, 0.1) is 11.1 Å². The van der Waals surface area contributed by atoms with Crippen molar-refractivity contribution in [2.45, 2.75) is 26.3 Å². The highest BCUT2D eigenvalue weighted by Crippen LogP contribution is 2.35. The smallest absolute Gasteiger partial charge is 0.259 e. The zero-order chi connectivity index (χ0) is 16.0. The Balaban J connectivity index is 1.70. The molecule has 1 amide bonds. The molecule has 4 heterocycles. The number of H-pyrrole nitrogens is 1. The first-order chi connectivity index (χ1) is 11.1. The van der Waals surface area contributed by atoms with Crippen LogP contribution in [0, 0.1) is 6.92 Å². The molecular formula is C17H17N5O. The lowest BCUT2D eigenvalue weighted by molar-refractivity contribution is 0.102. The lowest BCUT2D eigenvalue weighted by Gasteiger charge is -2.22. The number of anilines is 1. The van der Waals surface area contributed by atoms with Gasteiger partial charge in [0, 0.05) is 42.9 Å². The van der Waals surface area contributed by atoms with Crippen molar-refractivity contribution < 1.29 is 4.79 Å². The predicted molar refractivity (Wildman–Crippen MR) is 87.4 cm³/mol. The largest absolute Gasteiger partial charge is 0.364 e. The molecule has 0 radical (unpaired) electrons. The van der Waals surface area contributed by atoms with E-state index in [-0.39, 0.29) is 5.91 Å². The number of aryl methyl sites for hydroxylation is 1. The normalized spacial score (nSPS) is 15.8. The van der Waals surface area contributed by atoms with Crippen LogP contribution in [0.2, 0.25) is 0 Å². The first kappa shape index (κ1) is 13.8. The van der Waals surface area contributed by atoms with Crippen LogP contribution in [0.25, 0.3) is 11.4 Å². The fraction of sp³-hybridized carbons (Fsp3) is 0.235. The Hall–Kier alpha value is -2.89. The van der Waals surface area contributed by atoms with Gasteiger partial charge < -0.3 is 14.9 Å². The van der Waals surface area contributed by atoms with Crippen LogP contribution in [0.3, 0.4) is 0 Å². The molecule has 0 unspecified atom stereocenters. The molecule has 0 bridgehead atoms. The van der Waals surface area contributed by atoms with Gasteiger partial charge in [-0.1, -0.05) is 6.07 Å². The van der Waals surface area contributed by atoms with E-state index in [1.54, 1.807) is 24.7 Å². The third-order valence-corrected chi connectivity index (χ3v) is 4.23. The number of pyridine rings is 1. The summed E-state index contributed by atoms with van der Waals surface area (Å²) in [6.45, 7) is 4.10. The number of carbonyl (C=O) groups excluding carboxylic acids is 1. The minimum atomic E-state index is -0.178. The second kappa shape index (κ2) is 5.08. The molecule has 3 aromatic heterocycles. The molecule has 1 aliphatic rings. The molecule has 0 spiro atoms. The fourth-order valence-corrected chi connectivity index (χ4v) is 3.04. The monoisotopic (exact) mass is 307 g/mol. The molecule has 0 aliphatic carbocycles. The van der Waals surface area contributed by atoms with Gasteiger partial charge in [0.15, 0.2) is 0 Å². The van der Waals surface area contributed by atoms with Crippen molar-refractivity contribution in [3.05, 3.63) is 53.7 Å². The molecule has 0 saturated carbocycles. The van der Waals surface area contributed by atoms with Crippen molar-refractivity contribution in [3.63, 3.8) is 0 Å². The second-order valence-corrected chi connectivity index (χ2v) is 5.94. The number of carbonyl (C=O) groups is 1. The highest BCUT2D eigenvalue weighted by atomic mass is 16.1. The van der Waals surface area contributed by atoms with E-state index in [1.165, 1.54) is 0 Å². The summed E-state index contributed by atoms with van der Waals surface area (Å²) >= 11 is 0. The summed E-state index contributed by atoms with van der Waals surface area (Å²) in [7, 11) is 0. The summed E-state index contributed by atoms with van der Waals surface area (Å²) in [4.78, 5) is 24.5. The maximum Gasteiger partial charge on any atom is 0.259 e. The Kier molecular flexibility index (Phi) is 3.04. The van der Waals surface area contributed by atoms with Crippen molar-refractivity contribution in [3.8, 4) is 11.4 Å². The number of nitrogens with zero attached hydrogens (tertiary/aromatic N) is 3. The summed E-state index contributed by atoms with van der Waals surface area (Å²) in [5.41, 5.74) is 3.59. The van der Waals surface area contributed by atoms with E-state index >= 15 is 0 Å². The average Bonchev–Trinajstić information content (AvgIpc) is 3.15. The van der Waals surface area contributed by atoms with Gasteiger partial charge in [-0.25, -0.2) is 9.97 Å². The summed E-state index contributed by atoms with van der Waals surface area (Å²) < 4.78 is 2.11. The molecule has 1 aliphatic heterocycles. The van der Waals surface area contributed by atoms with Crippen molar-refractivity contribution in [1.29, 1.82) is 0 Å². The molecule has 6 nitrogen and oxygen atoms in total. The van der Waals surface area contributed by atoms with Crippen LogP contribution >= 0.6 is 0 Å². The Morgan fingerprint density at radius 1 is 1.39 bits per heavy atom. The third kappa shape index (κ3) is 2.23. The van der Waals surface area contributed by atoms with Gasteiger partial charge in [-0.3, -0.25) is 4.79 Å². The van der Waals surface area contributed by atoms with Crippen molar-refractivity contribution >= 4 is 11.7 Å². The Morgan fingerprint density at radius 3 is 3.04 bits per heavy atom. The van der Waals surface area contributed by atoms with Crippen LogP contribution in [0.5, 0.6) is 0 Å². The highest BCUT2D eigenvalue weighted by Gasteiger charge is 2.28. The first-order valence-corrected chi connectivity index (χ1v) is 7.61. The number of fused-ring (bicyclic) bond motifs is 3. The van der Waals surface area contributed by atoms with Gasteiger partial charge in [0.1, 0.15) is 11.6 Å². The molecule has 0 saturated heterocycles. The van der Waals surface area contributed by atoms with Crippen LogP contribution in [0.15, 0.2) is 36.9 Å². The van der Waals surface area contributed by atoms with Crippen LogP contribution in [0.1, 0.15) is 34.6 Å². The number of nitrogens with one attached hydrogen (secondary N) is 2. The number of aromatic amines is 1. The summed E-state index contributed by atoms with van der Waals surface area (Å²) in [6.07, 6.45) is 8.08. The van der Waals surface area contributed by atoms with Gasteiger partial charge in [-0.15, -0.1) is 0 Å². The maximum absolute atomic E-state index is 12.6. The van der Waals surface area contributed by atoms with Gasteiger partial charge in [-0.2, -0.15) is 0 Å². The molecular weight excluding hydrogens is 290 g/mol. The summed E-state index contributed by atoms with van der Waals surface area (Å²) in [5.74, 6) is 1.20. The van der Waals surface area contributed by atoms with E-state index in [9.17, 15) is 4.79 Å². The molecule has 23 heavy (non-hydrogen) atoms. The van der Waals surface area contributed by atoms with Crippen molar-refractivity contribution in [2.75, 3.05) is 5.32 Å². The lowest BCUT2D eigenvalue weighted by atomic mass is 10.0. The molecule has 4 rings (SSSR count). The molecule has 0 aromatic carbocycles. The van der Waals surface area contributed by atoms with Crippen LogP contribution in [-0.2, 0) is 6.42 Å². The van der Waals surface area contributed by atoms with E-state index in [2.05, 4.69) is 31.8 Å². The Bertz CT molecular complexity index is 875. The van der Waals surface area contributed by atoms with Gasteiger partial charge in [0.2, 0.25) is 0 Å².